The van der Waals surface area contributed by atoms with Gasteiger partial charge in [0, 0.05) is 24.8 Å². The third-order valence-electron chi connectivity index (χ3n) is 7.63. The van der Waals surface area contributed by atoms with Crippen LogP contribution in [0.5, 0.6) is 0 Å². The highest BCUT2D eigenvalue weighted by Crippen LogP contribution is 2.43. The van der Waals surface area contributed by atoms with Crippen LogP contribution in [0.25, 0.3) is 0 Å². The van der Waals surface area contributed by atoms with E-state index in [-0.39, 0.29) is 38.0 Å². The lowest BCUT2D eigenvalue weighted by Gasteiger charge is -2.37. The minimum absolute atomic E-state index is 0.0504. The van der Waals surface area contributed by atoms with Crippen LogP contribution >= 0.6 is 22.9 Å². The number of halogens is 4. The van der Waals surface area contributed by atoms with Crippen LogP contribution in [0.15, 0.2) is 30.3 Å². The van der Waals surface area contributed by atoms with Crippen molar-refractivity contribution in [2.24, 2.45) is 11.8 Å². The fraction of sp³-hybridized carbons (Fsp3) is 0.519. The summed E-state index contributed by atoms with van der Waals surface area (Å²) in [5, 5.41) is 8.56. The number of morpholine rings is 1. The van der Waals surface area contributed by atoms with Gasteiger partial charge in [-0.25, -0.2) is 0 Å². The van der Waals surface area contributed by atoms with Crippen molar-refractivity contribution in [3.63, 3.8) is 0 Å². The number of ether oxygens (including phenoxy) is 1. The first-order valence-corrected chi connectivity index (χ1v) is 14.5. The first kappa shape index (κ1) is 28.8. The summed E-state index contributed by atoms with van der Waals surface area (Å²) in [7, 11) is 0. The molecule has 1 unspecified atom stereocenters. The molecule has 2 atom stereocenters. The quantitative estimate of drug-likeness (QED) is 0.369. The lowest BCUT2D eigenvalue weighted by Crippen LogP contribution is -2.55. The molecule has 2 saturated carbocycles. The number of hydrogen-bond acceptors (Lipinski definition) is 6. The van der Waals surface area contributed by atoms with Crippen molar-refractivity contribution in [2.75, 3.05) is 36.5 Å². The minimum Gasteiger partial charge on any atom is -0.370 e. The molecule has 0 spiro atoms. The van der Waals surface area contributed by atoms with Crippen molar-refractivity contribution in [1.29, 1.82) is 0 Å². The minimum atomic E-state index is -4.79. The number of nitrogens with zero attached hydrogens (tertiary/aromatic N) is 1. The number of amides is 3. The Labute approximate surface area is 238 Å². The molecule has 1 aliphatic heterocycles. The van der Waals surface area contributed by atoms with Crippen molar-refractivity contribution in [1.82, 2.24) is 10.6 Å². The number of alkyl halides is 3. The van der Waals surface area contributed by atoms with Gasteiger partial charge < -0.3 is 25.6 Å². The number of carbonyl (C=O) groups is 3. The second-order valence-electron chi connectivity index (χ2n) is 10.4. The molecule has 0 radical (unpaired) electrons. The Morgan fingerprint density at radius 3 is 2.48 bits per heavy atom. The fourth-order valence-corrected chi connectivity index (χ4v) is 6.10. The average Bonchev–Trinajstić information content (AvgIpc) is 3.63. The normalized spacial score (nSPS) is 19.6. The van der Waals surface area contributed by atoms with Gasteiger partial charge >= 0.3 is 6.18 Å². The van der Waals surface area contributed by atoms with Crippen LogP contribution in [-0.4, -0.2) is 56.1 Å². The Bertz CT molecular complexity index is 1260. The van der Waals surface area contributed by atoms with Crippen LogP contribution in [0.1, 0.15) is 47.3 Å². The molecule has 3 aliphatic rings. The Balaban J connectivity index is 1.36. The summed E-state index contributed by atoms with van der Waals surface area (Å²) in [5.41, 5.74) is -1.41. The summed E-state index contributed by atoms with van der Waals surface area (Å²) < 4.78 is 47.8. The standard InChI is InChI=1S/C27H30ClF3N4O4S/c28-22-9-8-21(40-22)26(38)32-13-20(33-24(16-4-5-16)15-2-1-3-15)25(37)34-19-7-6-17(12-18(19)27(29,30)31)35-10-11-39-14-23(35)36/h6-9,12,15-16,20,24,33H,1-5,10-11,13-14H2,(H,32,38)(H,34,37)/t20-,24?/m0/s1. The molecular weight excluding hydrogens is 569 g/mol. The van der Waals surface area contributed by atoms with E-state index in [2.05, 4.69) is 16.0 Å². The zero-order valence-corrected chi connectivity index (χ0v) is 23.1. The van der Waals surface area contributed by atoms with Crippen LogP contribution in [0.3, 0.4) is 0 Å². The Morgan fingerprint density at radius 1 is 1.12 bits per heavy atom. The molecule has 1 saturated heterocycles. The number of rotatable bonds is 10. The van der Waals surface area contributed by atoms with Crippen molar-refractivity contribution in [3.05, 3.63) is 45.1 Å². The monoisotopic (exact) mass is 598 g/mol. The van der Waals surface area contributed by atoms with Crippen LogP contribution in [-0.2, 0) is 20.5 Å². The fourth-order valence-electron chi connectivity index (χ4n) is 5.14. The van der Waals surface area contributed by atoms with E-state index >= 15 is 0 Å². The van der Waals surface area contributed by atoms with E-state index in [4.69, 9.17) is 16.3 Å². The number of thiophene rings is 1. The second-order valence-corrected chi connectivity index (χ2v) is 12.1. The zero-order valence-electron chi connectivity index (χ0n) is 21.6. The van der Waals surface area contributed by atoms with Crippen LogP contribution < -0.4 is 20.9 Å². The third-order valence-corrected chi connectivity index (χ3v) is 8.86. The van der Waals surface area contributed by atoms with Crippen molar-refractivity contribution in [2.45, 2.75) is 50.4 Å². The van der Waals surface area contributed by atoms with Gasteiger partial charge in [-0.1, -0.05) is 18.0 Å². The van der Waals surface area contributed by atoms with Crippen molar-refractivity contribution in [3.8, 4) is 0 Å². The predicted octanol–water partition coefficient (Wildman–Crippen LogP) is 4.69. The van der Waals surface area contributed by atoms with Crippen LogP contribution in [0.2, 0.25) is 4.34 Å². The van der Waals surface area contributed by atoms with Gasteiger partial charge in [0.2, 0.25) is 5.91 Å². The van der Waals surface area contributed by atoms with E-state index in [1.807, 2.05) is 0 Å². The highest BCUT2D eigenvalue weighted by molar-refractivity contribution is 7.18. The van der Waals surface area contributed by atoms with Crippen molar-refractivity contribution < 1.29 is 32.3 Å². The van der Waals surface area contributed by atoms with Gasteiger partial charge in [-0.05, 0) is 67.9 Å². The number of nitrogens with one attached hydrogen (secondary N) is 3. The summed E-state index contributed by atoms with van der Waals surface area (Å²) in [6.07, 6.45) is 0.442. The topological polar surface area (TPSA) is 99.8 Å². The molecule has 40 heavy (non-hydrogen) atoms. The molecule has 216 valence electrons. The lowest BCUT2D eigenvalue weighted by molar-refractivity contribution is -0.137. The number of carbonyl (C=O) groups excluding carboxylic acids is 3. The molecule has 3 N–H and O–H groups in total. The molecule has 0 bridgehead atoms. The molecular formula is C27H30ClF3N4O4S. The van der Waals surface area contributed by atoms with Gasteiger partial charge in [0.25, 0.3) is 11.8 Å². The molecule has 2 aromatic rings. The Hall–Kier alpha value is -2.67. The smallest absolute Gasteiger partial charge is 0.370 e. The van der Waals surface area contributed by atoms with E-state index in [0.717, 1.165) is 55.6 Å². The molecule has 2 heterocycles. The third kappa shape index (κ3) is 6.79. The van der Waals surface area contributed by atoms with Crippen molar-refractivity contribution >= 4 is 52.0 Å². The molecule has 3 amide bonds. The lowest BCUT2D eigenvalue weighted by atomic mass is 9.77. The number of hydrogen-bond donors (Lipinski definition) is 3. The van der Waals surface area contributed by atoms with Gasteiger partial charge in [0.1, 0.15) is 12.6 Å². The molecule has 8 nitrogen and oxygen atoms in total. The molecule has 5 rings (SSSR count). The molecule has 1 aromatic heterocycles. The SMILES string of the molecule is O=C(NC[C@H](NC(C1CCC1)C1CC1)C(=O)Nc1ccc(N2CCOCC2=O)cc1C(F)(F)F)c1ccc(Cl)s1. The van der Waals surface area contributed by atoms with Crippen LogP contribution in [0.4, 0.5) is 24.5 Å². The Morgan fingerprint density at radius 2 is 1.88 bits per heavy atom. The first-order chi connectivity index (χ1) is 19.1. The van der Waals surface area contributed by atoms with E-state index in [1.165, 1.54) is 11.0 Å². The highest BCUT2D eigenvalue weighted by atomic mass is 35.5. The maximum atomic E-state index is 14.1. The number of anilines is 2. The van der Waals surface area contributed by atoms with E-state index in [9.17, 15) is 27.6 Å². The Kier molecular flexibility index (Phi) is 8.69. The largest absolute Gasteiger partial charge is 0.418 e. The molecule has 13 heteroatoms. The maximum Gasteiger partial charge on any atom is 0.418 e. The summed E-state index contributed by atoms with van der Waals surface area (Å²) >= 11 is 7.03. The summed E-state index contributed by atoms with van der Waals surface area (Å²) in [6.45, 7) is 0.0236. The average molecular weight is 599 g/mol. The molecule has 2 aliphatic carbocycles. The van der Waals surface area contributed by atoms with Gasteiger partial charge in [-0.2, -0.15) is 13.2 Å². The summed E-state index contributed by atoms with van der Waals surface area (Å²) in [6, 6.07) is 5.65. The first-order valence-electron chi connectivity index (χ1n) is 13.3. The molecule has 1 aromatic carbocycles. The van der Waals surface area contributed by atoms with E-state index < -0.39 is 41.2 Å². The summed E-state index contributed by atoms with van der Waals surface area (Å²) in [4.78, 5) is 40.0. The van der Waals surface area contributed by atoms with E-state index in [1.54, 1.807) is 12.1 Å². The van der Waals surface area contributed by atoms with Gasteiger partial charge in [-0.3, -0.25) is 14.4 Å². The van der Waals surface area contributed by atoms with Gasteiger partial charge in [0.05, 0.1) is 27.1 Å². The van der Waals surface area contributed by atoms with Crippen LogP contribution in [0, 0.1) is 11.8 Å². The zero-order chi connectivity index (χ0) is 28.4. The van der Waals surface area contributed by atoms with Gasteiger partial charge in [-0.15, -0.1) is 11.3 Å². The van der Waals surface area contributed by atoms with Gasteiger partial charge in [0.15, 0.2) is 0 Å². The predicted molar refractivity (Wildman–Crippen MR) is 146 cm³/mol. The van der Waals surface area contributed by atoms with E-state index in [0.29, 0.717) is 21.0 Å². The second kappa shape index (κ2) is 12.1. The number of benzene rings is 1. The maximum absolute atomic E-state index is 14.1. The highest BCUT2D eigenvalue weighted by Gasteiger charge is 2.41. The summed E-state index contributed by atoms with van der Waals surface area (Å²) in [5.74, 6) is -0.742. The molecule has 3 fully saturated rings.